The van der Waals surface area contributed by atoms with Gasteiger partial charge in [0.1, 0.15) is 23.4 Å². The van der Waals surface area contributed by atoms with Crippen LogP contribution in [0.5, 0.6) is 5.75 Å². The Kier molecular flexibility index (Phi) is 5.13. The van der Waals surface area contributed by atoms with E-state index in [0.717, 1.165) is 12.6 Å². The topological polar surface area (TPSA) is 64.6 Å². The van der Waals surface area contributed by atoms with Gasteiger partial charge in [-0.05, 0) is 19.1 Å². The molecule has 2 rings (SSSR count). The molecule has 1 aromatic carbocycles. The summed E-state index contributed by atoms with van der Waals surface area (Å²) in [6.45, 7) is 3.28. The van der Waals surface area contributed by atoms with Crippen LogP contribution in [0.4, 0.5) is 8.78 Å². The van der Waals surface area contributed by atoms with Crippen molar-refractivity contribution < 1.29 is 26.7 Å². The van der Waals surface area contributed by atoms with Crippen LogP contribution in [-0.4, -0.2) is 46.1 Å². The maximum absolute atomic E-state index is 12.6. The Balaban J connectivity index is 2.10. The molecule has 0 bridgehead atoms. The zero-order chi connectivity index (χ0) is 15.5. The third-order valence-corrected chi connectivity index (χ3v) is 4.46. The van der Waals surface area contributed by atoms with Gasteiger partial charge in [0.25, 0.3) is 0 Å². The van der Waals surface area contributed by atoms with E-state index >= 15 is 0 Å². The Hall–Kier alpha value is -1.25. The summed E-state index contributed by atoms with van der Waals surface area (Å²) in [5.74, 6) is -3.56. The van der Waals surface area contributed by atoms with Crippen molar-refractivity contribution in [1.82, 2.24) is 5.32 Å². The van der Waals surface area contributed by atoms with Crippen molar-refractivity contribution in [2.45, 2.75) is 29.8 Å². The van der Waals surface area contributed by atoms with Crippen molar-refractivity contribution in [3.05, 3.63) is 24.3 Å². The minimum absolute atomic E-state index is 0.0207. The van der Waals surface area contributed by atoms with Crippen LogP contribution in [0, 0.1) is 0 Å². The number of nitrogens with one attached hydrogen (secondary N) is 1. The zero-order valence-corrected chi connectivity index (χ0v) is 12.3. The highest BCUT2D eigenvalue weighted by Gasteiger charge is 2.30. The van der Waals surface area contributed by atoms with Crippen LogP contribution in [0.15, 0.2) is 29.2 Å². The first-order valence-electron chi connectivity index (χ1n) is 6.51. The monoisotopic (exact) mass is 321 g/mol. The summed E-state index contributed by atoms with van der Waals surface area (Å²) in [6, 6.07) is 5.37. The largest absolute Gasteiger partial charge is 0.489 e. The van der Waals surface area contributed by atoms with E-state index in [0.29, 0.717) is 6.54 Å². The van der Waals surface area contributed by atoms with Crippen molar-refractivity contribution in [3.8, 4) is 5.75 Å². The maximum Gasteiger partial charge on any atom is 0.341 e. The van der Waals surface area contributed by atoms with Crippen LogP contribution >= 0.6 is 0 Å². The minimum atomic E-state index is -4.69. The average molecular weight is 321 g/mol. The quantitative estimate of drug-likeness (QED) is 0.889. The molecule has 21 heavy (non-hydrogen) atoms. The molecule has 5 nitrogen and oxygen atoms in total. The van der Waals surface area contributed by atoms with Crippen LogP contribution in [0.2, 0.25) is 0 Å². The molecule has 1 heterocycles. The van der Waals surface area contributed by atoms with Gasteiger partial charge in [0, 0.05) is 13.1 Å². The maximum atomic E-state index is 12.6. The van der Waals surface area contributed by atoms with Gasteiger partial charge in [-0.1, -0.05) is 12.1 Å². The van der Waals surface area contributed by atoms with Crippen LogP contribution in [0.25, 0.3) is 0 Å². The number of benzene rings is 1. The smallest absolute Gasteiger partial charge is 0.341 e. The van der Waals surface area contributed by atoms with Crippen molar-refractivity contribution >= 4 is 9.84 Å². The SMILES string of the molecule is CC1CNCC(COc2ccccc2S(=O)(=O)C(F)F)O1. The molecule has 0 amide bonds. The lowest BCUT2D eigenvalue weighted by atomic mass is 10.2. The van der Waals surface area contributed by atoms with E-state index < -0.39 is 20.5 Å². The molecule has 2 unspecified atom stereocenters. The van der Waals surface area contributed by atoms with Crippen molar-refractivity contribution in [2.75, 3.05) is 19.7 Å². The first-order chi connectivity index (χ1) is 9.91. The molecule has 1 aromatic rings. The molecule has 1 N–H and O–H groups in total. The van der Waals surface area contributed by atoms with Gasteiger partial charge in [0.05, 0.1) is 6.10 Å². The Morgan fingerprint density at radius 3 is 2.76 bits per heavy atom. The van der Waals surface area contributed by atoms with Gasteiger partial charge in [-0.2, -0.15) is 8.78 Å². The fraction of sp³-hybridized carbons (Fsp3) is 0.538. The summed E-state index contributed by atoms with van der Waals surface area (Å²) in [6.07, 6.45) is -0.233. The molecule has 1 fully saturated rings. The molecule has 1 aliphatic rings. The summed E-state index contributed by atoms with van der Waals surface area (Å²) in [5.41, 5.74) is 0. The first kappa shape index (κ1) is 16.1. The lowest BCUT2D eigenvalue weighted by molar-refractivity contribution is -0.0474. The Morgan fingerprint density at radius 2 is 2.10 bits per heavy atom. The van der Waals surface area contributed by atoms with E-state index in [9.17, 15) is 17.2 Å². The van der Waals surface area contributed by atoms with Crippen molar-refractivity contribution in [2.24, 2.45) is 0 Å². The number of halogens is 2. The number of hydrogen-bond donors (Lipinski definition) is 1. The molecule has 118 valence electrons. The second-order valence-corrected chi connectivity index (χ2v) is 6.68. The number of morpholine rings is 1. The summed E-state index contributed by atoms with van der Waals surface area (Å²) in [5, 5.41) is 3.14. The molecule has 2 atom stereocenters. The Bertz CT molecular complexity index is 579. The number of alkyl halides is 2. The normalized spacial score (nSPS) is 23.2. The summed E-state index contributed by atoms with van der Waals surface area (Å²) >= 11 is 0. The molecule has 0 spiro atoms. The van der Waals surface area contributed by atoms with E-state index in [2.05, 4.69) is 5.32 Å². The molecule has 8 heteroatoms. The third-order valence-electron chi connectivity index (χ3n) is 3.04. The highest BCUT2D eigenvalue weighted by Crippen LogP contribution is 2.28. The van der Waals surface area contributed by atoms with Gasteiger partial charge in [-0.25, -0.2) is 8.42 Å². The molecular formula is C13H17F2NO4S. The molecule has 0 aromatic heterocycles. The lowest BCUT2D eigenvalue weighted by Gasteiger charge is -2.28. The lowest BCUT2D eigenvalue weighted by Crippen LogP contribution is -2.45. The molecule has 0 aliphatic carbocycles. The fourth-order valence-corrected chi connectivity index (χ4v) is 2.92. The number of hydrogen-bond acceptors (Lipinski definition) is 5. The van der Waals surface area contributed by atoms with Gasteiger partial charge in [0.2, 0.25) is 9.84 Å². The standard InChI is InChI=1S/C13H17F2NO4S/c1-9-6-16-7-10(20-9)8-19-11-4-2-3-5-12(11)21(17,18)13(14)15/h2-5,9-10,13,16H,6-8H2,1H3. The van der Waals surface area contributed by atoms with Gasteiger partial charge in [-0.15, -0.1) is 0 Å². The Morgan fingerprint density at radius 1 is 1.38 bits per heavy atom. The number of sulfone groups is 1. The van der Waals surface area contributed by atoms with Crippen LogP contribution in [0.1, 0.15) is 6.92 Å². The number of rotatable bonds is 5. The third kappa shape index (κ3) is 3.90. The number of para-hydroxylation sites is 1. The Labute approximate surface area is 122 Å². The van der Waals surface area contributed by atoms with Crippen molar-refractivity contribution in [3.63, 3.8) is 0 Å². The van der Waals surface area contributed by atoms with E-state index in [4.69, 9.17) is 9.47 Å². The molecule has 0 radical (unpaired) electrons. The highest BCUT2D eigenvalue weighted by atomic mass is 32.2. The van der Waals surface area contributed by atoms with E-state index in [1.54, 1.807) is 0 Å². The summed E-state index contributed by atoms with van der Waals surface area (Å²) < 4.78 is 59.4. The number of ether oxygens (including phenoxy) is 2. The first-order valence-corrected chi connectivity index (χ1v) is 8.06. The molecule has 0 saturated carbocycles. The molecular weight excluding hydrogens is 304 g/mol. The van der Waals surface area contributed by atoms with Gasteiger partial charge >= 0.3 is 5.76 Å². The van der Waals surface area contributed by atoms with Gasteiger partial charge < -0.3 is 14.8 Å². The summed E-state index contributed by atoms with van der Waals surface area (Å²) in [7, 11) is -4.69. The average Bonchev–Trinajstić information content (AvgIpc) is 2.45. The van der Waals surface area contributed by atoms with Gasteiger partial charge in [0.15, 0.2) is 0 Å². The highest BCUT2D eigenvalue weighted by molar-refractivity contribution is 7.91. The second kappa shape index (κ2) is 6.67. The fourth-order valence-electron chi connectivity index (χ4n) is 2.05. The van der Waals surface area contributed by atoms with E-state index in [1.807, 2.05) is 6.92 Å². The molecule has 1 aliphatic heterocycles. The molecule has 1 saturated heterocycles. The minimum Gasteiger partial charge on any atom is -0.489 e. The van der Waals surface area contributed by atoms with Crippen LogP contribution in [-0.2, 0) is 14.6 Å². The predicted molar refractivity (Wildman–Crippen MR) is 72.3 cm³/mol. The predicted octanol–water partition coefficient (Wildman–Crippen LogP) is 1.44. The van der Waals surface area contributed by atoms with Gasteiger partial charge in [-0.3, -0.25) is 0 Å². The van der Waals surface area contributed by atoms with Crippen molar-refractivity contribution in [1.29, 1.82) is 0 Å². The van der Waals surface area contributed by atoms with Crippen LogP contribution in [0.3, 0.4) is 0 Å². The second-order valence-electron chi connectivity index (χ2n) is 4.79. The van der Waals surface area contributed by atoms with Crippen LogP contribution < -0.4 is 10.1 Å². The zero-order valence-electron chi connectivity index (χ0n) is 11.5. The van der Waals surface area contributed by atoms with E-state index in [-0.39, 0.29) is 24.6 Å². The summed E-state index contributed by atoms with van der Waals surface area (Å²) in [4.78, 5) is -0.503. The van der Waals surface area contributed by atoms with E-state index in [1.165, 1.54) is 18.2 Å².